The molecule has 2 atom stereocenters. The molecule has 12 heavy (non-hydrogen) atoms. The third-order valence-corrected chi connectivity index (χ3v) is 2.79. The molecule has 4 heteroatoms. The smallest absolute Gasteiger partial charge is 0.171 e. The minimum atomic E-state index is -4.10. The van der Waals surface area contributed by atoms with Crippen LogP contribution in [0.15, 0.2) is 11.5 Å². The molecular weight excluding hydrogens is 185 g/mol. The normalized spacial score (nSPS) is 17.2. The summed E-state index contributed by atoms with van der Waals surface area (Å²) in [4.78, 5) is 0.721. The maximum absolute atomic E-state index is 12.1. The molecule has 0 amide bonds. The highest BCUT2D eigenvalue weighted by atomic mass is 32.2. The second kappa shape index (κ2) is 4.21. The number of hydrogen-bond donors (Lipinski definition) is 0. The number of hydrogen-bond acceptors (Lipinski definition) is 1. The quantitative estimate of drug-likeness (QED) is 0.664. The van der Waals surface area contributed by atoms with Gasteiger partial charge in [0.25, 0.3) is 0 Å². The van der Waals surface area contributed by atoms with Crippen molar-refractivity contribution in [2.24, 2.45) is 5.92 Å². The Morgan fingerprint density at radius 2 is 1.75 bits per heavy atom. The van der Waals surface area contributed by atoms with Crippen molar-refractivity contribution in [3.05, 3.63) is 11.5 Å². The SMILES string of the molecule is C=C(C)SC(C)C(C)C(F)(F)F. The van der Waals surface area contributed by atoms with E-state index in [1.807, 2.05) is 0 Å². The van der Waals surface area contributed by atoms with Gasteiger partial charge in [0.05, 0.1) is 5.92 Å². The first kappa shape index (κ1) is 11.9. The molecule has 0 rings (SSSR count). The molecular formula is C8H13F3S. The Morgan fingerprint density at radius 1 is 1.33 bits per heavy atom. The number of rotatable bonds is 3. The molecule has 0 spiro atoms. The van der Waals surface area contributed by atoms with Crippen molar-refractivity contribution >= 4 is 11.8 Å². The van der Waals surface area contributed by atoms with Crippen LogP contribution in [0.3, 0.4) is 0 Å². The van der Waals surface area contributed by atoms with Crippen LogP contribution in [0.25, 0.3) is 0 Å². The van der Waals surface area contributed by atoms with Crippen molar-refractivity contribution in [1.29, 1.82) is 0 Å². The summed E-state index contributed by atoms with van der Waals surface area (Å²) in [6.07, 6.45) is -4.10. The van der Waals surface area contributed by atoms with E-state index in [2.05, 4.69) is 6.58 Å². The van der Waals surface area contributed by atoms with Gasteiger partial charge in [0.1, 0.15) is 0 Å². The van der Waals surface area contributed by atoms with E-state index >= 15 is 0 Å². The lowest BCUT2D eigenvalue weighted by Crippen LogP contribution is -2.27. The van der Waals surface area contributed by atoms with E-state index in [-0.39, 0.29) is 0 Å². The first-order valence-corrected chi connectivity index (χ1v) is 4.52. The van der Waals surface area contributed by atoms with Gasteiger partial charge in [-0.1, -0.05) is 20.4 Å². The van der Waals surface area contributed by atoms with Gasteiger partial charge in [0.2, 0.25) is 0 Å². The lowest BCUT2D eigenvalue weighted by atomic mass is 10.1. The van der Waals surface area contributed by atoms with Crippen LogP contribution in [0, 0.1) is 5.92 Å². The first-order valence-electron chi connectivity index (χ1n) is 3.64. The Labute approximate surface area is 75.2 Å². The zero-order chi connectivity index (χ0) is 9.94. The fourth-order valence-corrected chi connectivity index (χ4v) is 1.68. The Balaban J connectivity index is 4.10. The summed E-state index contributed by atoms with van der Waals surface area (Å²) in [7, 11) is 0. The van der Waals surface area contributed by atoms with Crippen molar-refractivity contribution in [2.45, 2.75) is 32.2 Å². The minimum Gasteiger partial charge on any atom is -0.171 e. The minimum absolute atomic E-state index is 0.456. The van der Waals surface area contributed by atoms with Gasteiger partial charge < -0.3 is 0 Å². The Bertz CT molecular complexity index is 162. The lowest BCUT2D eigenvalue weighted by Gasteiger charge is -2.21. The van der Waals surface area contributed by atoms with Gasteiger partial charge in [-0.05, 0) is 11.8 Å². The first-order chi connectivity index (χ1) is 5.25. The largest absolute Gasteiger partial charge is 0.392 e. The van der Waals surface area contributed by atoms with Gasteiger partial charge in [-0.2, -0.15) is 13.2 Å². The maximum Gasteiger partial charge on any atom is 0.392 e. The standard InChI is InChI=1S/C8H13F3S/c1-5(2)12-7(4)6(3)8(9,10)11/h6-7H,1H2,2-4H3. The third kappa shape index (κ3) is 4.04. The van der Waals surface area contributed by atoms with Gasteiger partial charge in [0.15, 0.2) is 0 Å². The number of thioether (sulfide) groups is 1. The Morgan fingerprint density at radius 3 is 2.00 bits per heavy atom. The highest BCUT2D eigenvalue weighted by molar-refractivity contribution is 8.03. The van der Waals surface area contributed by atoms with Crippen molar-refractivity contribution in [3.63, 3.8) is 0 Å². The van der Waals surface area contributed by atoms with Crippen molar-refractivity contribution in [1.82, 2.24) is 0 Å². The molecule has 0 aromatic heterocycles. The lowest BCUT2D eigenvalue weighted by molar-refractivity contribution is -0.168. The molecule has 0 aliphatic heterocycles. The Kier molecular flexibility index (Phi) is 4.17. The van der Waals surface area contributed by atoms with Crippen LogP contribution in [0.1, 0.15) is 20.8 Å². The topological polar surface area (TPSA) is 0 Å². The fraction of sp³-hybridized carbons (Fsp3) is 0.750. The summed E-state index contributed by atoms with van der Waals surface area (Å²) in [6, 6.07) is 0. The zero-order valence-electron chi connectivity index (χ0n) is 7.40. The summed E-state index contributed by atoms with van der Waals surface area (Å²) < 4.78 is 36.3. The highest BCUT2D eigenvalue weighted by Crippen LogP contribution is 2.35. The van der Waals surface area contributed by atoms with Crippen LogP contribution in [-0.2, 0) is 0 Å². The van der Waals surface area contributed by atoms with Crippen LogP contribution < -0.4 is 0 Å². The molecule has 72 valence electrons. The van der Waals surface area contributed by atoms with E-state index in [0.29, 0.717) is 0 Å². The summed E-state index contributed by atoms with van der Waals surface area (Å²) in [5.74, 6) is -1.28. The average molecular weight is 198 g/mol. The predicted molar refractivity (Wildman–Crippen MR) is 47.1 cm³/mol. The molecule has 0 heterocycles. The molecule has 0 bridgehead atoms. The molecule has 0 aromatic rings. The monoisotopic (exact) mass is 198 g/mol. The number of allylic oxidation sites excluding steroid dienone is 1. The molecule has 0 aliphatic rings. The fourth-order valence-electron chi connectivity index (χ4n) is 0.686. The molecule has 0 saturated heterocycles. The van der Waals surface area contributed by atoms with Gasteiger partial charge in [0, 0.05) is 5.25 Å². The summed E-state index contributed by atoms with van der Waals surface area (Å²) in [5.41, 5.74) is 0. The van der Waals surface area contributed by atoms with Crippen LogP contribution in [0.2, 0.25) is 0 Å². The highest BCUT2D eigenvalue weighted by Gasteiger charge is 2.39. The van der Waals surface area contributed by atoms with Crippen LogP contribution in [0.5, 0.6) is 0 Å². The van der Waals surface area contributed by atoms with Gasteiger partial charge in [-0.15, -0.1) is 11.8 Å². The van der Waals surface area contributed by atoms with E-state index in [1.54, 1.807) is 13.8 Å². The number of alkyl halides is 3. The second-order valence-electron chi connectivity index (χ2n) is 2.86. The van der Waals surface area contributed by atoms with E-state index < -0.39 is 17.3 Å². The average Bonchev–Trinajstić information content (AvgIpc) is 1.82. The van der Waals surface area contributed by atoms with Crippen LogP contribution in [0.4, 0.5) is 13.2 Å². The summed E-state index contributed by atoms with van der Waals surface area (Å²) in [5, 5.41) is -0.456. The van der Waals surface area contributed by atoms with E-state index in [1.165, 1.54) is 18.7 Å². The van der Waals surface area contributed by atoms with E-state index in [9.17, 15) is 13.2 Å². The summed E-state index contributed by atoms with van der Waals surface area (Å²) in [6.45, 7) is 8.03. The van der Waals surface area contributed by atoms with E-state index in [4.69, 9.17) is 0 Å². The van der Waals surface area contributed by atoms with Crippen LogP contribution >= 0.6 is 11.8 Å². The molecule has 0 saturated carbocycles. The molecule has 0 radical (unpaired) electrons. The molecule has 0 aliphatic carbocycles. The predicted octanol–water partition coefficient (Wildman–Crippen LogP) is 3.84. The maximum atomic E-state index is 12.1. The molecule has 0 aromatic carbocycles. The van der Waals surface area contributed by atoms with Gasteiger partial charge in [-0.3, -0.25) is 0 Å². The van der Waals surface area contributed by atoms with Crippen molar-refractivity contribution in [2.75, 3.05) is 0 Å². The van der Waals surface area contributed by atoms with Crippen molar-refractivity contribution < 1.29 is 13.2 Å². The van der Waals surface area contributed by atoms with Gasteiger partial charge >= 0.3 is 6.18 Å². The van der Waals surface area contributed by atoms with Crippen molar-refractivity contribution in [3.8, 4) is 0 Å². The zero-order valence-corrected chi connectivity index (χ0v) is 8.22. The van der Waals surface area contributed by atoms with E-state index in [0.717, 1.165) is 4.91 Å². The second-order valence-corrected chi connectivity index (χ2v) is 4.53. The summed E-state index contributed by atoms with van der Waals surface area (Å²) >= 11 is 1.17. The van der Waals surface area contributed by atoms with Crippen LogP contribution in [-0.4, -0.2) is 11.4 Å². The Hall–Kier alpha value is -0.120. The molecule has 0 nitrogen and oxygen atoms in total. The van der Waals surface area contributed by atoms with Gasteiger partial charge in [-0.25, -0.2) is 0 Å². The third-order valence-electron chi connectivity index (χ3n) is 1.61. The molecule has 2 unspecified atom stereocenters. The number of halogens is 3. The molecule has 0 fully saturated rings. The molecule has 0 N–H and O–H groups in total.